The second-order valence-corrected chi connectivity index (χ2v) is 3.71. The fourth-order valence-electron chi connectivity index (χ4n) is 1.31. The molecule has 68 valence electrons. The summed E-state index contributed by atoms with van der Waals surface area (Å²) in [5.74, 6) is -0.501. The third-order valence-electron chi connectivity index (χ3n) is 1.97. The lowest BCUT2D eigenvalue weighted by molar-refractivity contribution is 0.0876. The van der Waals surface area contributed by atoms with Crippen LogP contribution in [0.5, 0.6) is 5.75 Å². The molecule has 1 aliphatic rings. The van der Waals surface area contributed by atoms with Crippen molar-refractivity contribution in [3.63, 3.8) is 0 Å². The molecule has 1 unspecified atom stereocenters. The quantitative estimate of drug-likeness (QED) is 0.702. The average molecular weight is 245 g/mol. The van der Waals surface area contributed by atoms with Crippen molar-refractivity contribution in [3.8, 4) is 5.75 Å². The third-order valence-corrected chi connectivity index (χ3v) is 2.59. The van der Waals surface area contributed by atoms with E-state index in [0.29, 0.717) is 10.2 Å². The van der Waals surface area contributed by atoms with E-state index in [1.54, 1.807) is 6.92 Å². The van der Waals surface area contributed by atoms with Crippen molar-refractivity contribution in [1.82, 2.24) is 0 Å². The minimum Gasteiger partial charge on any atom is -0.480 e. The van der Waals surface area contributed by atoms with Gasteiger partial charge in [-0.2, -0.15) is 0 Å². The minimum absolute atomic E-state index is 0.0573. The molecular formula is C9H6BrFO2. The highest BCUT2D eigenvalue weighted by molar-refractivity contribution is 9.10. The number of ketones is 1. The predicted molar refractivity (Wildman–Crippen MR) is 48.5 cm³/mol. The fraction of sp³-hybridized carbons (Fsp3) is 0.222. The second kappa shape index (κ2) is 2.80. The van der Waals surface area contributed by atoms with Gasteiger partial charge in [0.15, 0.2) is 6.10 Å². The van der Waals surface area contributed by atoms with Crippen LogP contribution in [-0.2, 0) is 0 Å². The Bertz CT molecular complexity index is 389. The lowest BCUT2D eigenvalue weighted by atomic mass is 10.1. The zero-order valence-corrected chi connectivity index (χ0v) is 8.39. The van der Waals surface area contributed by atoms with Crippen molar-refractivity contribution in [2.24, 2.45) is 0 Å². The molecule has 2 rings (SSSR count). The first kappa shape index (κ1) is 8.69. The van der Waals surface area contributed by atoms with Crippen LogP contribution in [0, 0.1) is 5.82 Å². The second-order valence-electron chi connectivity index (χ2n) is 2.86. The highest BCUT2D eigenvalue weighted by Gasteiger charge is 2.33. The molecule has 13 heavy (non-hydrogen) atoms. The maximum atomic E-state index is 13.2. The Balaban J connectivity index is 2.68. The van der Waals surface area contributed by atoms with E-state index < -0.39 is 11.9 Å². The van der Waals surface area contributed by atoms with E-state index in [1.165, 1.54) is 12.1 Å². The van der Waals surface area contributed by atoms with E-state index in [2.05, 4.69) is 15.9 Å². The van der Waals surface area contributed by atoms with Crippen LogP contribution < -0.4 is 4.74 Å². The number of hydrogen-bond acceptors (Lipinski definition) is 2. The molecule has 1 atom stereocenters. The number of ether oxygens (including phenoxy) is 1. The number of rotatable bonds is 0. The number of carbonyl (C=O) groups excluding carboxylic acids is 1. The summed E-state index contributed by atoms with van der Waals surface area (Å²) in [6, 6.07) is 2.78. The van der Waals surface area contributed by atoms with Gasteiger partial charge in [-0.15, -0.1) is 0 Å². The standard InChI is InChI=1S/C9H6BrFO2/c1-4-8(12)7-6(11)3-2-5(10)9(7)13-4/h2-4H,1H3. The lowest BCUT2D eigenvalue weighted by Crippen LogP contribution is -2.15. The monoisotopic (exact) mass is 244 g/mol. The van der Waals surface area contributed by atoms with Crippen LogP contribution in [0.25, 0.3) is 0 Å². The van der Waals surface area contributed by atoms with Gasteiger partial charge in [0.25, 0.3) is 0 Å². The van der Waals surface area contributed by atoms with E-state index >= 15 is 0 Å². The molecule has 1 aromatic carbocycles. The molecule has 0 radical (unpaired) electrons. The molecule has 0 saturated heterocycles. The van der Waals surface area contributed by atoms with Crippen molar-refractivity contribution in [1.29, 1.82) is 0 Å². The molecular weight excluding hydrogens is 239 g/mol. The normalized spacial score (nSPS) is 19.9. The summed E-state index contributed by atoms with van der Waals surface area (Å²) >= 11 is 3.19. The van der Waals surface area contributed by atoms with Gasteiger partial charge in [-0.05, 0) is 35.0 Å². The van der Waals surface area contributed by atoms with Gasteiger partial charge in [-0.3, -0.25) is 4.79 Å². The van der Waals surface area contributed by atoms with Gasteiger partial charge in [-0.25, -0.2) is 4.39 Å². The zero-order chi connectivity index (χ0) is 9.59. The number of fused-ring (bicyclic) bond motifs is 1. The maximum absolute atomic E-state index is 13.2. The lowest BCUT2D eigenvalue weighted by Gasteiger charge is -2.02. The Kier molecular flexibility index (Phi) is 1.87. The largest absolute Gasteiger partial charge is 0.480 e. The molecule has 4 heteroatoms. The molecule has 0 amide bonds. The highest BCUT2D eigenvalue weighted by atomic mass is 79.9. The number of benzene rings is 1. The maximum Gasteiger partial charge on any atom is 0.209 e. The van der Waals surface area contributed by atoms with Crippen molar-refractivity contribution in [3.05, 3.63) is 28.0 Å². The van der Waals surface area contributed by atoms with Crippen LogP contribution in [-0.4, -0.2) is 11.9 Å². The molecule has 0 aromatic heterocycles. The summed E-state index contributed by atoms with van der Waals surface area (Å²) in [4.78, 5) is 11.4. The Morgan fingerprint density at radius 2 is 2.23 bits per heavy atom. The van der Waals surface area contributed by atoms with Crippen molar-refractivity contribution < 1.29 is 13.9 Å². The Morgan fingerprint density at radius 1 is 1.54 bits per heavy atom. The number of Topliss-reactive ketones (excluding diaryl/α,β-unsaturated/α-hetero) is 1. The zero-order valence-electron chi connectivity index (χ0n) is 6.80. The van der Waals surface area contributed by atoms with E-state index in [1.807, 2.05) is 0 Å². The van der Waals surface area contributed by atoms with Crippen LogP contribution in [0.2, 0.25) is 0 Å². The van der Waals surface area contributed by atoms with Gasteiger partial charge >= 0.3 is 0 Å². The van der Waals surface area contributed by atoms with Crippen molar-refractivity contribution in [2.45, 2.75) is 13.0 Å². The summed E-state index contributed by atoms with van der Waals surface area (Å²) in [6.45, 7) is 1.61. The average Bonchev–Trinajstić information content (AvgIpc) is 2.38. The Labute approximate surface area is 82.8 Å². The molecule has 0 saturated carbocycles. The highest BCUT2D eigenvalue weighted by Crippen LogP contribution is 2.37. The minimum atomic E-state index is -0.580. The topological polar surface area (TPSA) is 26.3 Å². The number of hydrogen-bond donors (Lipinski definition) is 0. The first-order valence-electron chi connectivity index (χ1n) is 3.80. The van der Waals surface area contributed by atoms with Crippen LogP contribution in [0.1, 0.15) is 17.3 Å². The molecule has 0 aliphatic carbocycles. The first-order chi connectivity index (χ1) is 6.11. The van der Waals surface area contributed by atoms with Gasteiger partial charge in [-0.1, -0.05) is 0 Å². The van der Waals surface area contributed by atoms with Gasteiger partial charge in [0.2, 0.25) is 5.78 Å². The summed E-state index contributed by atoms with van der Waals surface area (Å²) in [5, 5.41) is 0. The molecule has 0 spiro atoms. The van der Waals surface area contributed by atoms with Gasteiger partial charge in [0.1, 0.15) is 17.1 Å². The molecule has 0 N–H and O–H groups in total. The SMILES string of the molecule is CC1Oc2c(Br)ccc(F)c2C1=O. The van der Waals surface area contributed by atoms with Crippen LogP contribution in [0.4, 0.5) is 4.39 Å². The molecule has 2 nitrogen and oxygen atoms in total. The third kappa shape index (κ3) is 1.16. The summed E-state index contributed by atoms with van der Waals surface area (Å²) in [5.41, 5.74) is 0.0573. The Hall–Kier alpha value is -0.900. The molecule has 0 bridgehead atoms. The summed E-state index contributed by atoms with van der Waals surface area (Å²) < 4.78 is 19.0. The van der Waals surface area contributed by atoms with Crippen molar-refractivity contribution in [2.75, 3.05) is 0 Å². The molecule has 1 heterocycles. The van der Waals surface area contributed by atoms with Gasteiger partial charge < -0.3 is 4.74 Å². The fourth-order valence-corrected chi connectivity index (χ4v) is 1.74. The number of halogens is 2. The smallest absolute Gasteiger partial charge is 0.209 e. The van der Waals surface area contributed by atoms with Crippen LogP contribution in [0.15, 0.2) is 16.6 Å². The molecule has 0 fully saturated rings. The van der Waals surface area contributed by atoms with E-state index in [9.17, 15) is 9.18 Å². The molecule has 1 aliphatic heterocycles. The van der Waals surface area contributed by atoms with E-state index in [-0.39, 0.29) is 11.3 Å². The van der Waals surface area contributed by atoms with Gasteiger partial charge in [0, 0.05) is 0 Å². The predicted octanol–water partition coefficient (Wildman–Crippen LogP) is 2.55. The summed E-state index contributed by atoms with van der Waals surface area (Å²) in [7, 11) is 0. The van der Waals surface area contributed by atoms with E-state index in [0.717, 1.165) is 0 Å². The van der Waals surface area contributed by atoms with Crippen molar-refractivity contribution >= 4 is 21.7 Å². The van der Waals surface area contributed by atoms with Crippen LogP contribution >= 0.6 is 15.9 Å². The van der Waals surface area contributed by atoms with Gasteiger partial charge in [0.05, 0.1) is 4.47 Å². The van der Waals surface area contributed by atoms with E-state index in [4.69, 9.17) is 4.74 Å². The Morgan fingerprint density at radius 3 is 2.85 bits per heavy atom. The number of carbonyl (C=O) groups is 1. The molecule has 1 aromatic rings. The summed E-state index contributed by atoms with van der Waals surface area (Å²) in [6.07, 6.45) is -0.580. The first-order valence-corrected chi connectivity index (χ1v) is 4.59. The van der Waals surface area contributed by atoms with Crippen LogP contribution in [0.3, 0.4) is 0 Å².